The number of carbonyl (C=O) groups is 1. The van der Waals surface area contributed by atoms with Gasteiger partial charge in [0.05, 0.1) is 13.2 Å². The van der Waals surface area contributed by atoms with E-state index in [2.05, 4.69) is 5.32 Å². The van der Waals surface area contributed by atoms with E-state index >= 15 is 0 Å². The van der Waals surface area contributed by atoms with Crippen molar-refractivity contribution in [2.24, 2.45) is 11.7 Å². The smallest absolute Gasteiger partial charge is 0.241 e. The topological polar surface area (TPSA) is 73.6 Å². The molecule has 5 heteroatoms. The average Bonchev–Trinajstić information content (AvgIpc) is 2.56. The summed E-state index contributed by atoms with van der Waals surface area (Å²) in [5.74, 6) is 1.84. The van der Waals surface area contributed by atoms with E-state index in [1.807, 2.05) is 38.1 Å². The van der Waals surface area contributed by atoms with Gasteiger partial charge in [-0.1, -0.05) is 26.0 Å². The number of methoxy groups -OCH3 is 1. The van der Waals surface area contributed by atoms with Crippen LogP contribution in [0.1, 0.15) is 13.8 Å². The van der Waals surface area contributed by atoms with Crippen LogP contribution in [0.2, 0.25) is 0 Å². The van der Waals surface area contributed by atoms with Gasteiger partial charge in [-0.2, -0.15) is 0 Å². The number of para-hydroxylation sites is 2. The molecule has 1 atom stereocenters. The summed E-state index contributed by atoms with van der Waals surface area (Å²) in [6, 6.07) is 14.0. The van der Waals surface area contributed by atoms with Gasteiger partial charge in [0.25, 0.3) is 0 Å². The van der Waals surface area contributed by atoms with Gasteiger partial charge in [-0.25, -0.2) is 0 Å². The minimum atomic E-state index is -0.528. The quantitative estimate of drug-likeness (QED) is 0.857. The fourth-order valence-corrected chi connectivity index (χ4v) is 1.96. The number of nitrogens with one attached hydrogen (secondary N) is 1. The number of benzene rings is 2. The molecule has 0 unspecified atom stereocenters. The highest BCUT2D eigenvalue weighted by Gasteiger charge is 2.17. The molecule has 2 aromatic carbocycles. The van der Waals surface area contributed by atoms with Crippen molar-refractivity contribution < 1.29 is 14.3 Å². The van der Waals surface area contributed by atoms with E-state index in [0.29, 0.717) is 22.9 Å². The van der Waals surface area contributed by atoms with Gasteiger partial charge >= 0.3 is 0 Å². The summed E-state index contributed by atoms with van der Waals surface area (Å²) in [7, 11) is 1.60. The van der Waals surface area contributed by atoms with Crippen LogP contribution in [0.3, 0.4) is 0 Å². The number of anilines is 1. The highest BCUT2D eigenvalue weighted by atomic mass is 16.5. The van der Waals surface area contributed by atoms with Crippen LogP contribution in [0.4, 0.5) is 5.69 Å². The number of rotatable bonds is 6. The molecule has 0 aromatic heterocycles. The SMILES string of the molecule is COc1ccccc1Oc1ccc(NC(=O)[C@H](N)C(C)C)cc1. The zero-order valence-electron chi connectivity index (χ0n) is 13.6. The van der Waals surface area contributed by atoms with Crippen LogP contribution in [0.5, 0.6) is 17.2 Å². The highest BCUT2D eigenvalue weighted by Crippen LogP contribution is 2.31. The van der Waals surface area contributed by atoms with E-state index in [4.69, 9.17) is 15.2 Å². The molecule has 2 aromatic rings. The molecule has 5 nitrogen and oxygen atoms in total. The van der Waals surface area contributed by atoms with Crippen LogP contribution in [0.25, 0.3) is 0 Å². The summed E-state index contributed by atoms with van der Waals surface area (Å²) in [6.45, 7) is 3.82. The minimum absolute atomic E-state index is 0.0863. The maximum absolute atomic E-state index is 11.9. The van der Waals surface area contributed by atoms with E-state index in [1.165, 1.54) is 0 Å². The Hall–Kier alpha value is -2.53. The lowest BCUT2D eigenvalue weighted by atomic mass is 10.1. The van der Waals surface area contributed by atoms with Crippen molar-refractivity contribution in [3.8, 4) is 17.2 Å². The van der Waals surface area contributed by atoms with Crippen LogP contribution in [0, 0.1) is 5.92 Å². The maximum atomic E-state index is 11.9. The molecule has 3 N–H and O–H groups in total. The third-order valence-corrected chi connectivity index (χ3v) is 3.44. The first-order valence-electron chi connectivity index (χ1n) is 7.48. The standard InChI is InChI=1S/C18H22N2O3/c1-12(2)17(19)18(21)20-13-8-10-14(11-9-13)23-16-7-5-4-6-15(16)22-3/h4-12,17H,19H2,1-3H3,(H,20,21)/t17-/m1/s1. The van der Waals surface area contributed by atoms with Crippen LogP contribution in [0.15, 0.2) is 48.5 Å². The van der Waals surface area contributed by atoms with E-state index in [0.717, 1.165) is 0 Å². The summed E-state index contributed by atoms with van der Waals surface area (Å²) in [5.41, 5.74) is 6.50. The Morgan fingerprint density at radius 1 is 1.04 bits per heavy atom. The van der Waals surface area contributed by atoms with Gasteiger partial charge in [-0.05, 0) is 42.3 Å². The molecule has 0 saturated carbocycles. The van der Waals surface area contributed by atoms with Crippen LogP contribution in [-0.2, 0) is 4.79 Å². The molecule has 0 bridgehead atoms. The molecule has 0 fully saturated rings. The fraction of sp³-hybridized carbons (Fsp3) is 0.278. The minimum Gasteiger partial charge on any atom is -0.493 e. The second-order valence-corrected chi connectivity index (χ2v) is 5.54. The lowest BCUT2D eigenvalue weighted by Crippen LogP contribution is -2.39. The lowest BCUT2D eigenvalue weighted by Gasteiger charge is -2.15. The second-order valence-electron chi connectivity index (χ2n) is 5.54. The molecule has 0 aliphatic rings. The number of nitrogens with two attached hydrogens (primary N) is 1. The van der Waals surface area contributed by atoms with Gasteiger partial charge in [0.2, 0.25) is 5.91 Å². The molecule has 0 saturated heterocycles. The van der Waals surface area contributed by atoms with Gasteiger partial charge < -0.3 is 20.5 Å². The summed E-state index contributed by atoms with van der Waals surface area (Å²) >= 11 is 0. The Bertz CT molecular complexity index is 654. The summed E-state index contributed by atoms with van der Waals surface area (Å²) in [6.07, 6.45) is 0. The van der Waals surface area contributed by atoms with Gasteiger partial charge in [-0.15, -0.1) is 0 Å². The second kappa shape index (κ2) is 7.65. The monoisotopic (exact) mass is 314 g/mol. The lowest BCUT2D eigenvalue weighted by molar-refractivity contribution is -0.118. The molecule has 23 heavy (non-hydrogen) atoms. The molecule has 0 aliphatic carbocycles. The molecule has 0 aliphatic heterocycles. The first-order valence-corrected chi connectivity index (χ1v) is 7.48. The summed E-state index contributed by atoms with van der Waals surface area (Å²) in [5, 5.41) is 2.79. The van der Waals surface area contributed by atoms with Crippen LogP contribution in [-0.4, -0.2) is 19.1 Å². The van der Waals surface area contributed by atoms with Gasteiger partial charge in [0, 0.05) is 5.69 Å². The molecular formula is C18H22N2O3. The van der Waals surface area contributed by atoms with E-state index < -0.39 is 6.04 Å². The number of ether oxygens (including phenoxy) is 2. The maximum Gasteiger partial charge on any atom is 0.241 e. The van der Waals surface area contributed by atoms with Gasteiger partial charge in [-0.3, -0.25) is 4.79 Å². The number of hydrogen-bond donors (Lipinski definition) is 2. The van der Waals surface area contributed by atoms with E-state index in [9.17, 15) is 4.79 Å². The molecule has 1 amide bonds. The van der Waals surface area contributed by atoms with Crippen molar-refractivity contribution in [3.63, 3.8) is 0 Å². The summed E-state index contributed by atoms with van der Waals surface area (Å²) < 4.78 is 11.0. The predicted octanol–water partition coefficient (Wildman–Crippen LogP) is 3.41. The zero-order chi connectivity index (χ0) is 16.8. The summed E-state index contributed by atoms with van der Waals surface area (Å²) in [4.78, 5) is 11.9. The zero-order valence-corrected chi connectivity index (χ0v) is 13.6. The Balaban J connectivity index is 2.04. The molecular weight excluding hydrogens is 292 g/mol. The molecule has 0 radical (unpaired) electrons. The first kappa shape index (κ1) is 16.8. The Morgan fingerprint density at radius 3 is 2.22 bits per heavy atom. The number of hydrogen-bond acceptors (Lipinski definition) is 4. The van der Waals surface area contributed by atoms with Crippen LogP contribution >= 0.6 is 0 Å². The van der Waals surface area contributed by atoms with E-state index in [-0.39, 0.29) is 11.8 Å². The van der Waals surface area contributed by atoms with Crippen molar-refractivity contribution in [3.05, 3.63) is 48.5 Å². The number of amides is 1. The average molecular weight is 314 g/mol. The van der Waals surface area contributed by atoms with Crippen molar-refractivity contribution in [1.29, 1.82) is 0 Å². The Morgan fingerprint density at radius 2 is 1.65 bits per heavy atom. The van der Waals surface area contributed by atoms with Gasteiger partial charge in [0.1, 0.15) is 5.75 Å². The normalized spacial score (nSPS) is 11.9. The van der Waals surface area contributed by atoms with Gasteiger partial charge in [0.15, 0.2) is 11.5 Å². The third-order valence-electron chi connectivity index (χ3n) is 3.44. The van der Waals surface area contributed by atoms with Crippen molar-refractivity contribution >= 4 is 11.6 Å². The molecule has 2 rings (SSSR count). The predicted molar refractivity (Wildman–Crippen MR) is 91.0 cm³/mol. The first-order chi connectivity index (χ1) is 11.0. The third kappa shape index (κ3) is 4.47. The van der Waals surface area contributed by atoms with E-state index in [1.54, 1.807) is 31.4 Å². The molecule has 0 spiro atoms. The van der Waals surface area contributed by atoms with Crippen LogP contribution < -0.4 is 20.5 Å². The van der Waals surface area contributed by atoms with Crippen molar-refractivity contribution in [2.75, 3.05) is 12.4 Å². The largest absolute Gasteiger partial charge is 0.493 e. The highest BCUT2D eigenvalue weighted by molar-refractivity contribution is 5.94. The number of carbonyl (C=O) groups excluding carboxylic acids is 1. The van der Waals surface area contributed by atoms with Crippen molar-refractivity contribution in [2.45, 2.75) is 19.9 Å². The Labute approximate surface area is 136 Å². The molecule has 0 heterocycles. The molecule has 122 valence electrons. The van der Waals surface area contributed by atoms with Crippen molar-refractivity contribution in [1.82, 2.24) is 0 Å². The fourth-order valence-electron chi connectivity index (χ4n) is 1.96. The Kier molecular flexibility index (Phi) is 5.60.